The molecule has 5 nitrogen and oxygen atoms in total. The summed E-state index contributed by atoms with van der Waals surface area (Å²) in [7, 11) is -2.18. The van der Waals surface area contributed by atoms with Crippen LogP contribution in [0.25, 0.3) is 0 Å². The first-order valence-electron chi connectivity index (χ1n) is 11.2. The van der Waals surface area contributed by atoms with Crippen molar-refractivity contribution < 1.29 is 23.7 Å². The SMILES string of the molecule is CC(C)(C)[Si](C)(C)O[C@@H]1[C@@H](O)[C@H](Sc2ccccc2)O[C@@H]2CO[C@@H](c3ccccc3)O[C@@H]12. The topological polar surface area (TPSA) is 57.2 Å². The molecule has 4 rings (SSSR count). The lowest BCUT2D eigenvalue weighted by Crippen LogP contribution is -2.64. The molecule has 0 saturated carbocycles. The molecule has 2 fully saturated rings. The van der Waals surface area contributed by atoms with Crippen molar-refractivity contribution in [1.82, 2.24) is 0 Å². The zero-order valence-corrected chi connectivity index (χ0v) is 21.2. The fourth-order valence-electron chi connectivity index (χ4n) is 3.72. The van der Waals surface area contributed by atoms with E-state index in [0.29, 0.717) is 6.61 Å². The van der Waals surface area contributed by atoms with Crippen molar-refractivity contribution in [3.05, 3.63) is 66.2 Å². The number of hydrogen-bond donors (Lipinski definition) is 1. The van der Waals surface area contributed by atoms with E-state index in [2.05, 4.69) is 33.9 Å². The van der Waals surface area contributed by atoms with Gasteiger partial charge in [0.1, 0.15) is 29.9 Å². The van der Waals surface area contributed by atoms with Crippen molar-refractivity contribution in [3.63, 3.8) is 0 Å². The number of thioether (sulfide) groups is 1. The summed E-state index contributed by atoms with van der Waals surface area (Å²) < 4.78 is 25.5. The normalized spacial score (nSPS) is 31.2. The summed E-state index contributed by atoms with van der Waals surface area (Å²) >= 11 is 1.51. The third kappa shape index (κ3) is 5.14. The zero-order chi connectivity index (χ0) is 22.9. The van der Waals surface area contributed by atoms with Gasteiger partial charge < -0.3 is 23.7 Å². The van der Waals surface area contributed by atoms with Gasteiger partial charge in [-0.05, 0) is 30.3 Å². The van der Waals surface area contributed by atoms with E-state index >= 15 is 0 Å². The number of hydrogen-bond acceptors (Lipinski definition) is 6. The van der Waals surface area contributed by atoms with Crippen LogP contribution in [0.4, 0.5) is 0 Å². The number of benzene rings is 2. The Labute approximate surface area is 196 Å². The van der Waals surface area contributed by atoms with Gasteiger partial charge in [0, 0.05) is 10.5 Å². The molecule has 2 aromatic rings. The molecule has 174 valence electrons. The van der Waals surface area contributed by atoms with Gasteiger partial charge in [0.25, 0.3) is 0 Å². The first-order chi connectivity index (χ1) is 15.2. The Balaban J connectivity index is 1.60. The van der Waals surface area contributed by atoms with E-state index < -0.39 is 38.4 Å². The van der Waals surface area contributed by atoms with Crippen molar-refractivity contribution in [2.45, 2.75) is 79.9 Å². The Kier molecular flexibility index (Phi) is 7.17. The monoisotopic (exact) mass is 474 g/mol. The summed E-state index contributed by atoms with van der Waals surface area (Å²) in [6.45, 7) is 11.4. The number of aliphatic hydroxyl groups is 1. The molecule has 2 aliphatic heterocycles. The highest BCUT2D eigenvalue weighted by Gasteiger charge is 2.53. The molecule has 1 N–H and O–H groups in total. The van der Waals surface area contributed by atoms with E-state index in [0.717, 1.165) is 10.5 Å². The van der Waals surface area contributed by atoms with Crippen LogP contribution in [0.3, 0.4) is 0 Å². The molecule has 32 heavy (non-hydrogen) atoms. The molecule has 0 radical (unpaired) electrons. The van der Waals surface area contributed by atoms with Crippen LogP contribution in [0, 0.1) is 0 Å². The molecule has 0 amide bonds. The first-order valence-corrected chi connectivity index (χ1v) is 15.0. The fourth-order valence-corrected chi connectivity index (χ4v) is 6.11. The predicted octanol–water partition coefficient (Wildman–Crippen LogP) is 5.37. The highest BCUT2D eigenvalue weighted by Crippen LogP contribution is 2.44. The zero-order valence-electron chi connectivity index (χ0n) is 19.4. The molecular weight excluding hydrogens is 440 g/mol. The number of fused-ring (bicyclic) bond motifs is 1. The van der Waals surface area contributed by atoms with Crippen molar-refractivity contribution in [2.24, 2.45) is 0 Å². The number of ether oxygens (including phenoxy) is 3. The second-order valence-electron chi connectivity index (χ2n) is 9.98. The van der Waals surface area contributed by atoms with E-state index in [1.54, 1.807) is 0 Å². The van der Waals surface area contributed by atoms with Gasteiger partial charge in [0.2, 0.25) is 0 Å². The molecule has 2 aliphatic rings. The molecule has 0 spiro atoms. The summed E-state index contributed by atoms with van der Waals surface area (Å²) in [5, 5.41) is 11.5. The highest BCUT2D eigenvalue weighted by molar-refractivity contribution is 7.99. The van der Waals surface area contributed by atoms with Crippen LogP contribution in [0.15, 0.2) is 65.6 Å². The Morgan fingerprint density at radius 2 is 1.59 bits per heavy atom. The van der Waals surface area contributed by atoms with E-state index in [1.807, 2.05) is 60.7 Å². The minimum Gasteiger partial charge on any atom is -0.408 e. The first kappa shape index (κ1) is 23.9. The maximum absolute atomic E-state index is 11.4. The smallest absolute Gasteiger partial charge is 0.192 e. The predicted molar refractivity (Wildman–Crippen MR) is 129 cm³/mol. The van der Waals surface area contributed by atoms with E-state index in [1.165, 1.54) is 11.8 Å². The van der Waals surface area contributed by atoms with Gasteiger partial charge in [-0.15, -0.1) is 0 Å². The second kappa shape index (κ2) is 9.58. The van der Waals surface area contributed by atoms with Gasteiger partial charge in [-0.3, -0.25) is 0 Å². The van der Waals surface area contributed by atoms with Crippen LogP contribution in [0.2, 0.25) is 18.1 Å². The van der Waals surface area contributed by atoms with Crippen molar-refractivity contribution >= 4 is 20.1 Å². The minimum atomic E-state index is -2.18. The quantitative estimate of drug-likeness (QED) is 0.588. The summed E-state index contributed by atoms with van der Waals surface area (Å²) in [5.74, 6) is 0. The van der Waals surface area contributed by atoms with E-state index in [-0.39, 0.29) is 11.1 Å². The average Bonchev–Trinajstić information content (AvgIpc) is 2.77. The molecular formula is C25H34O5SSi. The fraction of sp³-hybridized carbons (Fsp3) is 0.520. The number of aliphatic hydroxyl groups excluding tert-OH is 1. The van der Waals surface area contributed by atoms with Gasteiger partial charge in [0.15, 0.2) is 14.6 Å². The Morgan fingerprint density at radius 3 is 2.22 bits per heavy atom. The highest BCUT2D eigenvalue weighted by atomic mass is 32.2. The van der Waals surface area contributed by atoms with E-state index in [4.69, 9.17) is 18.6 Å². The van der Waals surface area contributed by atoms with Crippen LogP contribution in [-0.2, 0) is 18.6 Å². The maximum atomic E-state index is 11.4. The largest absolute Gasteiger partial charge is 0.408 e. The summed E-state index contributed by atoms with van der Waals surface area (Å²) in [6.07, 6.45) is -2.55. The standard InChI is InChI=1S/C25H34O5SSi/c1-25(2,3)32(4,5)30-22-20(26)24(31-18-14-10-7-11-15-18)28-19-16-27-23(29-21(19)22)17-12-8-6-9-13-17/h6-15,19-24,26H,16H2,1-5H3/t19-,20-,21-,22-,23-,24+/m1/s1. The summed E-state index contributed by atoms with van der Waals surface area (Å²) in [4.78, 5) is 1.04. The molecule has 0 aromatic heterocycles. The van der Waals surface area contributed by atoms with Gasteiger partial charge in [0.05, 0.1) is 6.61 Å². The lowest BCUT2D eigenvalue weighted by molar-refractivity contribution is -0.316. The van der Waals surface area contributed by atoms with Crippen LogP contribution in [0.1, 0.15) is 32.6 Å². The summed E-state index contributed by atoms with van der Waals surface area (Å²) in [6, 6.07) is 19.9. The van der Waals surface area contributed by atoms with E-state index in [9.17, 15) is 5.11 Å². The van der Waals surface area contributed by atoms with Gasteiger partial charge in [-0.1, -0.05) is 81.1 Å². The molecule has 7 heteroatoms. The lowest BCUT2D eigenvalue weighted by atomic mass is 9.99. The third-order valence-corrected chi connectivity index (χ3v) is 12.3. The Hall–Kier alpha value is -1.19. The summed E-state index contributed by atoms with van der Waals surface area (Å²) in [5.41, 5.74) is 0.487. The molecule has 2 aromatic carbocycles. The molecule has 0 bridgehead atoms. The average molecular weight is 475 g/mol. The van der Waals surface area contributed by atoms with Crippen molar-refractivity contribution in [1.29, 1.82) is 0 Å². The minimum absolute atomic E-state index is 0.00654. The van der Waals surface area contributed by atoms with Gasteiger partial charge in [-0.2, -0.15) is 0 Å². The maximum Gasteiger partial charge on any atom is 0.192 e. The number of rotatable bonds is 5. The molecule has 0 aliphatic carbocycles. The van der Waals surface area contributed by atoms with Gasteiger partial charge in [-0.25, -0.2) is 0 Å². The molecule has 0 unspecified atom stereocenters. The van der Waals surface area contributed by atoms with Crippen LogP contribution >= 0.6 is 11.8 Å². The van der Waals surface area contributed by atoms with Crippen LogP contribution < -0.4 is 0 Å². The lowest BCUT2D eigenvalue weighted by Gasteiger charge is -2.51. The Morgan fingerprint density at radius 1 is 0.969 bits per heavy atom. The molecule has 2 saturated heterocycles. The van der Waals surface area contributed by atoms with Gasteiger partial charge >= 0.3 is 0 Å². The van der Waals surface area contributed by atoms with Crippen LogP contribution in [0.5, 0.6) is 0 Å². The third-order valence-electron chi connectivity index (χ3n) is 6.61. The van der Waals surface area contributed by atoms with Crippen molar-refractivity contribution in [2.75, 3.05) is 6.61 Å². The molecule has 6 atom stereocenters. The molecule has 2 heterocycles. The van der Waals surface area contributed by atoms with Crippen molar-refractivity contribution in [3.8, 4) is 0 Å². The van der Waals surface area contributed by atoms with Crippen LogP contribution in [-0.4, -0.2) is 49.9 Å². The Bertz CT molecular complexity index is 873. The second-order valence-corrected chi connectivity index (χ2v) is 15.9.